The Bertz CT molecular complexity index is 1300. The summed E-state index contributed by atoms with van der Waals surface area (Å²) in [5, 5.41) is 34.0. The average molecular weight is 469 g/mol. The molecule has 3 aliphatic rings. The lowest BCUT2D eigenvalue weighted by atomic mass is 9.74. The highest BCUT2D eigenvalue weighted by atomic mass is 19.1. The second-order valence-electron chi connectivity index (χ2n) is 9.84. The molecule has 10 nitrogen and oxygen atoms in total. The molecule has 2 aliphatic heterocycles. The van der Waals surface area contributed by atoms with Gasteiger partial charge in [-0.1, -0.05) is 6.07 Å². The van der Waals surface area contributed by atoms with Crippen LogP contribution in [0.3, 0.4) is 0 Å². The van der Waals surface area contributed by atoms with Gasteiger partial charge in [-0.2, -0.15) is 4.80 Å². The van der Waals surface area contributed by atoms with Crippen LogP contribution in [0.15, 0.2) is 24.4 Å². The van der Waals surface area contributed by atoms with E-state index >= 15 is 4.39 Å². The molecule has 0 unspecified atom stereocenters. The first-order chi connectivity index (χ1) is 17.6. The van der Waals surface area contributed by atoms with Crippen LogP contribution in [0.25, 0.3) is 22.6 Å². The van der Waals surface area contributed by atoms with E-state index in [1.807, 2.05) is 4.90 Å². The first-order valence-corrected chi connectivity index (χ1v) is 11.7. The number of nitrogens with zero attached hydrogens (tertiary/aromatic N) is 8. The molecule has 34 heavy (non-hydrogen) atoms. The van der Waals surface area contributed by atoms with Gasteiger partial charge in [-0.25, -0.2) is 9.37 Å². The first kappa shape index (κ1) is 18.2. The number of hydrogen-bond donors (Lipinski definition) is 2. The Hall–Kier alpha value is -3.21. The number of aryl methyl sites for hydroxylation is 1. The van der Waals surface area contributed by atoms with Crippen LogP contribution >= 0.6 is 0 Å². The highest BCUT2D eigenvalue weighted by Crippen LogP contribution is 2.42. The molecule has 2 bridgehead atoms. The number of tetrazole rings is 1. The number of fused-ring (bicyclic) bond motifs is 2. The zero-order chi connectivity index (χ0) is 25.9. The molecule has 1 aromatic carbocycles. The molecule has 178 valence electrons. The van der Waals surface area contributed by atoms with E-state index in [0.717, 1.165) is 32.1 Å². The van der Waals surface area contributed by atoms with Gasteiger partial charge >= 0.3 is 0 Å². The molecule has 4 atom stereocenters. The van der Waals surface area contributed by atoms with Gasteiger partial charge in [0.1, 0.15) is 17.6 Å². The Balaban J connectivity index is 1.25. The van der Waals surface area contributed by atoms with Gasteiger partial charge < -0.3 is 15.3 Å². The number of phenols is 1. The monoisotopic (exact) mass is 468 g/mol. The van der Waals surface area contributed by atoms with E-state index in [1.165, 1.54) is 12.3 Å². The highest BCUT2D eigenvalue weighted by molar-refractivity contribution is 5.71. The maximum absolute atomic E-state index is 15.6. The molecule has 2 saturated heterocycles. The van der Waals surface area contributed by atoms with Crippen molar-refractivity contribution < 1.29 is 13.6 Å². The van der Waals surface area contributed by atoms with Crippen LogP contribution in [-0.4, -0.2) is 70.3 Å². The lowest BCUT2D eigenvalue weighted by Crippen LogP contribution is -2.67. The molecule has 3 fully saturated rings. The number of alkyl halides is 1. The third-order valence-electron chi connectivity index (χ3n) is 7.21. The highest BCUT2D eigenvalue weighted by Gasteiger charge is 2.50. The Morgan fingerprint density at radius 1 is 1.26 bits per heavy atom. The van der Waals surface area contributed by atoms with Crippen LogP contribution in [0.2, 0.25) is 0 Å². The van der Waals surface area contributed by atoms with E-state index in [2.05, 4.69) is 42.8 Å². The smallest absolute Gasteiger partial charge is 0.245 e. The molecule has 3 aromatic rings. The van der Waals surface area contributed by atoms with Crippen molar-refractivity contribution in [3.05, 3.63) is 24.4 Å². The summed E-state index contributed by atoms with van der Waals surface area (Å²) in [6, 6.07) is 4.39. The molecule has 0 spiro atoms. The number of aromatic nitrogens is 7. The molecule has 0 radical (unpaired) electrons. The average Bonchev–Trinajstić information content (AvgIpc) is 3.55. The van der Waals surface area contributed by atoms with Crippen LogP contribution in [-0.2, 0) is 6.98 Å². The summed E-state index contributed by atoms with van der Waals surface area (Å²) in [7, 11) is 0. The van der Waals surface area contributed by atoms with Crippen molar-refractivity contribution in [3.63, 3.8) is 0 Å². The van der Waals surface area contributed by atoms with Crippen molar-refractivity contribution in [3.8, 4) is 28.4 Å². The number of rotatable bonds is 5. The van der Waals surface area contributed by atoms with Gasteiger partial charge in [0.05, 0.1) is 19.2 Å². The summed E-state index contributed by atoms with van der Waals surface area (Å²) >= 11 is 0. The van der Waals surface area contributed by atoms with Gasteiger partial charge in [0, 0.05) is 32.9 Å². The topological polar surface area (TPSA) is 118 Å². The van der Waals surface area contributed by atoms with E-state index in [4.69, 9.17) is 4.11 Å². The Morgan fingerprint density at radius 3 is 2.85 bits per heavy atom. The van der Waals surface area contributed by atoms with Crippen molar-refractivity contribution in [2.45, 2.75) is 75.3 Å². The number of hydrogen-bond acceptors (Lipinski definition) is 9. The van der Waals surface area contributed by atoms with Crippen LogP contribution in [0.5, 0.6) is 5.75 Å². The van der Waals surface area contributed by atoms with Crippen LogP contribution in [0.1, 0.15) is 49.6 Å². The van der Waals surface area contributed by atoms with Gasteiger partial charge in [0.2, 0.25) is 11.8 Å². The Labute approximate surface area is 200 Å². The first-order valence-electron chi connectivity index (χ1n) is 13.2. The number of phenolic OH excluding ortho intramolecular Hbond substituents is 1. The minimum Gasteiger partial charge on any atom is -0.507 e. The number of aromatic hydroxyl groups is 1. The van der Waals surface area contributed by atoms with Crippen molar-refractivity contribution in [2.75, 3.05) is 4.90 Å². The standard InChI is InChI=1S/C23H28FN9O/c1-23-9-3-4-16(26-23)20(24)18(11-23)33(14-6-7-14)22-25-12-17(27-29-22)15-8-5-13(10-19(15)34)21-28-31-32(2)30-21/h5,8,10,12,14,16,18,20,26,34H,3-4,6-7,9,11H2,1-2H3/t16-,18-,20+,23-/m0/s1/i2D3. The minimum absolute atomic E-state index is 0.0684. The van der Waals surface area contributed by atoms with E-state index in [-0.39, 0.29) is 35.2 Å². The van der Waals surface area contributed by atoms with E-state index < -0.39 is 13.1 Å². The van der Waals surface area contributed by atoms with Crippen molar-refractivity contribution in [1.29, 1.82) is 0 Å². The summed E-state index contributed by atoms with van der Waals surface area (Å²) in [5.41, 5.74) is 1.05. The number of piperidine rings is 2. The Morgan fingerprint density at radius 2 is 2.15 bits per heavy atom. The normalized spacial score (nSPS) is 30.3. The third kappa shape index (κ3) is 3.77. The van der Waals surface area contributed by atoms with Gasteiger partial charge in [0.25, 0.3) is 0 Å². The van der Waals surface area contributed by atoms with Crippen molar-refractivity contribution in [2.24, 2.45) is 6.98 Å². The van der Waals surface area contributed by atoms with Crippen LogP contribution in [0.4, 0.5) is 10.3 Å². The lowest BCUT2D eigenvalue weighted by Gasteiger charge is -2.52. The summed E-state index contributed by atoms with van der Waals surface area (Å²) in [4.78, 5) is 7.12. The fraction of sp³-hybridized carbons (Fsp3) is 0.565. The summed E-state index contributed by atoms with van der Waals surface area (Å²) in [6.45, 7) is -0.367. The maximum atomic E-state index is 15.6. The van der Waals surface area contributed by atoms with Gasteiger partial charge in [-0.05, 0) is 62.8 Å². The molecule has 0 amide bonds. The second-order valence-corrected chi connectivity index (χ2v) is 9.84. The minimum atomic E-state index is -2.54. The summed E-state index contributed by atoms with van der Waals surface area (Å²) in [5.74, 6) is 0.358. The number of anilines is 1. The SMILES string of the molecule is [2H]C([2H])([2H])n1nnc(-c2ccc(-c3cnc(N(C4CC4)[C@H]4C[C@]5(C)CCC[C@H](N5)[C@H]4F)nn3)c(O)c2)n1. The number of nitrogens with one attached hydrogen (secondary N) is 1. The molecule has 1 aliphatic carbocycles. The van der Waals surface area contributed by atoms with Gasteiger partial charge in [0.15, 0.2) is 0 Å². The quantitative estimate of drug-likeness (QED) is 0.582. The summed E-state index contributed by atoms with van der Waals surface area (Å²) in [6.07, 6.45) is 6.07. The van der Waals surface area contributed by atoms with Crippen molar-refractivity contribution >= 4 is 5.95 Å². The molecular weight excluding hydrogens is 437 g/mol. The fourth-order valence-electron chi connectivity index (χ4n) is 5.46. The molecule has 4 heterocycles. The molecule has 6 rings (SSSR count). The van der Waals surface area contributed by atoms with Crippen LogP contribution < -0.4 is 10.2 Å². The van der Waals surface area contributed by atoms with Gasteiger partial charge in [-0.15, -0.1) is 20.4 Å². The third-order valence-corrected chi connectivity index (χ3v) is 7.21. The molecule has 2 aromatic heterocycles. The Kier molecular flexibility index (Phi) is 4.24. The second kappa shape index (κ2) is 7.93. The zero-order valence-corrected chi connectivity index (χ0v) is 18.8. The van der Waals surface area contributed by atoms with E-state index in [0.29, 0.717) is 34.0 Å². The number of halogens is 1. The summed E-state index contributed by atoms with van der Waals surface area (Å²) < 4.78 is 37.7. The molecule has 1 saturated carbocycles. The predicted octanol–water partition coefficient (Wildman–Crippen LogP) is 2.41. The maximum Gasteiger partial charge on any atom is 0.245 e. The fourth-order valence-corrected chi connectivity index (χ4v) is 5.46. The molecule has 2 N–H and O–H groups in total. The molecular formula is C23H28FN9O. The zero-order valence-electron chi connectivity index (χ0n) is 21.8. The lowest BCUT2D eigenvalue weighted by molar-refractivity contribution is 0.0582. The predicted molar refractivity (Wildman–Crippen MR) is 123 cm³/mol. The van der Waals surface area contributed by atoms with E-state index in [9.17, 15) is 5.11 Å². The van der Waals surface area contributed by atoms with Crippen LogP contribution in [0, 0.1) is 0 Å². The number of benzene rings is 1. The van der Waals surface area contributed by atoms with E-state index in [1.54, 1.807) is 12.1 Å². The van der Waals surface area contributed by atoms with Crippen molar-refractivity contribution in [1.82, 2.24) is 40.7 Å². The largest absolute Gasteiger partial charge is 0.507 e. The van der Waals surface area contributed by atoms with Gasteiger partial charge in [-0.3, -0.25) is 0 Å². The molecule has 11 heteroatoms.